The molecule has 2 fully saturated rings. The SMILES string of the molecule is O=C(O)c1ccc(C2CCCN(S(=O)(=O)N3CCCCCC3)C2)cc1. The molecule has 2 aliphatic rings. The van der Waals surface area contributed by atoms with Gasteiger partial charge in [-0.15, -0.1) is 0 Å². The number of piperidine rings is 1. The Hall–Kier alpha value is -1.44. The molecular formula is C18H26N2O4S. The van der Waals surface area contributed by atoms with E-state index in [4.69, 9.17) is 5.11 Å². The molecule has 2 aliphatic heterocycles. The number of benzene rings is 1. The summed E-state index contributed by atoms with van der Waals surface area (Å²) in [5.74, 6) is -0.820. The Morgan fingerprint density at radius 3 is 2.12 bits per heavy atom. The number of rotatable bonds is 4. The Morgan fingerprint density at radius 1 is 0.920 bits per heavy atom. The van der Waals surface area contributed by atoms with Crippen molar-refractivity contribution in [1.82, 2.24) is 8.61 Å². The average molecular weight is 366 g/mol. The van der Waals surface area contributed by atoms with Crippen LogP contribution >= 0.6 is 0 Å². The van der Waals surface area contributed by atoms with Crippen LogP contribution in [0.15, 0.2) is 24.3 Å². The van der Waals surface area contributed by atoms with E-state index in [-0.39, 0.29) is 11.5 Å². The lowest BCUT2D eigenvalue weighted by atomic mass is 9.91. The van der Waals surface area contributed by atoms with Gasteiger partial charge in [-0.2, -0.15) is 17.0 Å². The van der Waals surface area contributed by atoms with Crippen LogP contribution in [0.3, 0.4) is 0 Å². The average Bonchev–Trinajstić information content (AvgIpc) is 2.92. The van der Waals surface area contributed by atoms with E-state index in [1.54, 1.807) is 20.7 Å². The predicted molar refractivity (Wildman–Crippen MR) is 95.9 cm³/mol. The molecule has 25 heavy (non-hydrogen) atoms. The van der Waals surface area contributed by atoms with E-state index in [1.807, 2.05) is 12.1 Å². The van der Waals surface area contributed by atoms with Crippen LogP contribution in [-0.4, -0.2) is 54.3 Å². The van der Waals surface area contributed by atoms with Crippen LogP contribution in [-0.2, 0) is 10.2 Å². The summed E-state index contributed by atoms with van der Waals surface area (Å²) in [7, 11) is -3.40. The van der Waals surface area contributed by atoms with E-state index in [1.165, 1.54) is 0 Å². The summed E-state index contributed by atoms with van der Waals surface area (Å²) < 4.78 is 29.2. The molecule has 0 aromatic heterocycles. The van der Waals surface area contributed by atoms with Gasteiger partial charge in [0.15, 0.2) is 0 Å². The molecule has 0 spiro atoms. The lowest BCUT2D eigenvalue weighted by Crippen LogP contribution is -2.47. The zero-order valence-electron chi connectivity index (χ0n) is 14.4. The van der Waals surface area contributed by atoms with Crippen molar-refractivity contribution in [2.45, 2.75) is 44.4 Å². The minimum atomic E-state index is -3.40. The van der Waals surface area contributed by atoms with Crippen molar-refractivity contribution in [3.05, 3.63) is 35.4 Å². The molecule has 1 aromatic carbocycles. The monoisotopic (exact) mass is 366 g/mol. The van der Waals surface area contributed by atoms with Crippen LogP contribution in [0.4, 0.5) is 0 Å². The van der Waals surface area contributed by atoms with Crippen LogP contribution < -0.4 is 0 Å². The molecule has 3 rings (SSSR count). The zero-order valence-corrected chi connectivity index (χ0v) is 15.2. The van der Waals surface area contributed by atoms with Gasteiger partial charge in [0.25, 0.3) is 10.2 Å². The van der Waals surface area contributed by atoms with E-state index >= 15 is 0 Å². The first-order valence-electron chi connectivity index (χ1n) is 9.07. The summed E-state index contributed by atoms with van der Waals surface area (Å²) in [6, 6.07) is 6.83. The molecule has 1 N–H and O–H groups in total. The van der Waals surface area contributed by atoms with Crippen LogP contribution in [0.2, 0.25) is 0 Å². The summed E-state index contributed by atoms with van der Waals surface area (Å²) in [5, 5.41) is 9.01. The quantitative estimate of drug-likeness (QED) is 0.889. The second kappa shape index (κ2) is 7.85. The number of carboxylic acids is 1. The molecule has 0 amide bonds. The van der Waals surface area contributed by atoms with E-state index < -0.39 is 16.2 Å². The highest BCUT2D eigenvalue weighted by Crippen LogP contribution is 2.30. The molecule has 0 aliphatic carbocycles. The third-order valence-corrected chi connectivity index (χ3v) is 7.23. The Bertz CT molecular complexity index is 694. The van der Waals surface area contributed by atoms with Crippen molar-refractivity contribution in [2.24, 2.45) is 0 Å². The highest BCUT2D eigenvalue weighted by atomic mass is 32.2. The molecule has 1 atom stereocenters. The maximum Gasteiger partial charge on any atom is 0.335 e. The molecule has 7 heteroatoms. The Balaban J connectivity index is 1.72. The largest absolute Gasteiger partial charge is 0.478 e. The molecule has 0 radical (unpaired) electrons. The number of carboxylic acid groups (broad SMARTS) is 1. The first-order valence-corrected chi connectivity index (χ1v) is 10.5. The van der Waals surface area contributed by atoms with E-state index in [9.17, 15) is 13.2 Å². The van der Waals surface area contributed by atoms with E-state index in [0.29, 0.717) is 26.2 Å². The predicted octanol–water partition coefficient (Wildman–Crippen LogP) is 2.69. The van der Waals surface area contributed by atoms with Gasteiger partial charge in [-0.3, -0.25) is 0 Å². The first kappa shape index (κ1) is 18.4. The van der Waals surface area contributed by atoms with Gasteiger partial charge in [-0.1, -0.05) is 25.0 Å². The molecule has 6 nitrogen and oxygen atoms in total. The minimum absolute atomic E-state index is 0.123. The molecule has 0 bridgehead atoms. The number of carbonyl (C=O) groups is 1. The van der Waals surface area contributed by atoms with Gasteiger partial charge < -0.3 is 5.11 Å². The summed E-state index contributed by atoms with van der Waals surface area (Å²) in [4.78, 5) is 11.0. The van der Waals surface area contributed by atoms with Gasteiger partial charge in [0.1, 0.15) is 0 Å². The lowest BCUT2D eigenvalue weighted by molar-refractivity contribution is 0.0697. The van der Waals surface area contributed by atoms with Gasteiger partial charge in [0.2, 0.25) is 0 Å². The third kappa shape index (κ3) is 4.22. The lowest BCUT2D eigenvalue weighted by Gasteiger charge is -2.35. The Kier molecular flexibility index (Phi) is 5.76. The van der Waals surface area contributed by atoms with Crippen LogP contribution in [0.1, 0.15) is 60.4 Å². The molecule has 138 valence electrons. The highest BCUT2D eigenvalue weighted by Gasteiger charge is 2.34. The van der Waals surface area contributed by atoms with Crippen molar-refractivity contribution in [3.8, 4) is 0 Å². The maximum atomic E-state index is 13.0. The van der Waals surface area contributed by atoms with Crippen molar-refractivity contribution in [3.63, 3.8) is 0 Å². The van der Waals surface area contributed by atoms with Gasteiger partial charge in [0.05, 0.1) is 5.56 Å². The number of aromatic carboxylic acids is 1. The number of hydrogen-bond donors (Lipinski definition) is 1. The van der Waals surface area contributed by atoms with Gasteiger partial charge in [0, 0.05) is 26.2 Å². The fourth-order valence-corrected chi connectivity index (χ4v) is 5.53. The fraction of sp³-hybridized carbons (Fsp3) is 0.611. The Morgan fingerprint density at radius 2 is 1.52 bits per heavy atom. The molecule has 1 unspecified atom stereocenters. The number of hydrogen-bond acceptors (Lipinski definition) is 3. The highest BCUT2D eigenvalue weighted by molar-refractivity contribution is 7.86. The standard InChI is InChI=1S/C18H26N2O4S/c21-18(22)16-9-7-15(8-10-16)17-6-5-13-20(14-17)25(23,24)19-11-3-1-2-4-12-19/h7-10,17H,1-6,11-14H2,(H,21,22). The summed E-state index contributed by atoms with van der Waals surface area (Å²) >= 11 is 0. The number of nitrogens with zero attached hydrogens (tertiary/aromatic N) is 2. The van der Waals surface area contributed by atoms with Crippen molar-refractivity contribution in [2.75, 3.05) is 26.2 Å². The molecule has 2 heterocycles. The zero-order chi connectivity index (χ0) is 17.9. The molecular weight excluding hydrogens is 340 g/mol. The van der Waals surface area contributed by atoms with Gasteiger partial charge in [-0.05, 0) is 49.3 Å². The first-order chi connectivity index (χ1) is 12.0. The fourth-order valence-electron chi connectivity index (χ4n) is 3.76. The smallest absolute Gasteiger partial charge is 0.335 e. The normalized spacial score (nSPS) is 23.9. The summed E-state index contributed by atoms with van der Waals surface area (Å²) in [6.07, 6.45) is 5.84. The Labute approximate surface area is 149 Å². The van der Waals surface area contributed by atoms with Crippen molar-refractivity contribution in [1.29, 1.82) is 0 Å². The topological polar surface area (TPSA) is 77.9 Å². The molecule has 0 saturated carbocycles. The molecule has 2 saturated heterocycles. The van der Waals surface area contributed by atoms with Gasteiger partial charge >= 0.3 is 5.97 Å². The second-order valence-electron chi connectivity index (χ2n) is 6.95. The van der Waals surface area contributed by atoms with Crippen LogP contribution in [0.25, 0.3) is 0 Å². The van der Waals surface area contributed by atoms with Crippen LogP contribution in [0.5, 0.6) is 0 Å². The van der Waals surface area contributed by atoms with Gasteiger partial charge in [-0.25, -0.2) is 4.79 Å². The molecule has 1 aromatic rings. The van der Waals surface area contributed by atoms with Crippen molar-refractivity contribution < 1.29 is 18.3 Å². The van der Waals surface area contributed by atoms with Crippen LogP contribution in [0, 0.1) is 0 Å². The maximum absolute atomic E-state index is 13.0. The van der Waals surface area contributed by atoms with E-state index in [0.717, 1.165) is 44.1 Å². The van der Waals surface area contributed by atoms with E-state index in [2.05, 4.69) is 0 Å². The summed E-state index contributed by atoms with van der Waals surface area (Å²) in [6.45, 7) is 2.29. The second-order valence-corrected chi connectivity index (χ2v) is 8.87. The third-order valence-electron chi connectivity index (χ3n) is 5.23. The minimum Gasteiger partial charge on any atom is -0.478 e. The summed E-state index contributed by atoms with van der Waals surface area (Å²) in [5.41, 5.74) is 1.27. The van der Waals surface area contributed by atoms with Crippen molar-refractivity contribution >= 4 is 16.2 Å².